The van der Waals surface area contributed by atoms with E-state index in [4.69, 9.17) is 4.74 Å². The molecule has 2 amide bonds. The molecule has 2 heterocycles. The highest BCUT2D eigenvalue weighted by atomic mass is 32.2. The third-order valence-corrected chi connectivity index (χ3v) is 5.87. The van der Waals surface area contributed by atoms with Gasteiger partial charge in [-0.3, -0.25) is 24.8 Å². The van der Waals surface area contributed by atoms with Gasteiger partial charge in [-0.25, -0.2) is 0 Å². The summed E-state index contributed by atoms with van der Waals surface area (Å²) in [5.41, 5.74) is 5.80. The van der Waals surface area contributed by atoms with E-state index in [0.717, 1.165) is 5.56 Å². The summed E-state index contributed by atoms with van der Waals surface area (Å²) in [6, 6.07) is 15.3. The number of methoxy groups -OCH3 is 1. The number of hydrogen-bond donors (Lipinski definition) is 2. The fourth-order valence-corrected chi connectivity index (χ4v) is 3.98. The zero-order valence-corrected chi connectivity index (χ0v) is 18.1. The Kier molecular flexibility index (Phi) is 6.13. The van der Waals surface area contributed by atoms with Crippen molar-refractivity contribution in [3.8, 4) is 5.75 Å². The number of nitrogens with one attached hydrogen (secondary N) is 2. The number of benzene rings is 2. The minimum absolute atomic E-state index is 0.0953. The van der Waals surface area contributed by atoms with Gasteiger partial charge >= 0.3 is 0 Å². The van der Waals surface area contributed by atoms with Gasteiger partial charge in [0.15, 0.2) is 5.17 Å². The number of hydrogen-bond acceptors (Lipinski definition) is 7. The van der Waals surface area contributed by atoms with Crippen LogP contribution in [-0.2, 0) is 16.1 Å². The van der Waals surface area contributed by atoms with E-state index in [2.05, 4.69) is 15.8 Å². The van der Waals surface area contributed by atoms with Gasteiger partial charge in [0.2, 0.25) is 12.1 Å². The lowest BCUT2D eigenvalue weighted by atomic mass is 10.1. The summed E-state index contributed by atoms with van der Waals surface area (Å²) in [7, 11) is 1.58. The predicted molar refractivity (Wildman–Crippen MR) is 121 cm³/mol. The maximum atomic E-state index is 12.9. The number of ether oxygens (including phenoxy) is 1. The molecule has 0 spiro atoms. The quantitative estimate of drug-likeness (QED) is 0.722. The van der Waals surface area contributed by atoms with Gasteiger partial charge in [0, 0.05) is 25.0 Å². The third kappa shape index (κ3) is 4.66. The molecule has 9 heteroatoms. The van der Waals surface area contributed by atoms with E-state index in [1.807, 2.05) is 49.4 Å². The molecular formula is C22H23N5O3S. The maximum absolute atomic E-state index is 12.9. The molecule has 0 bridgehead atoms. The molecule has 1 atom stereocenters. The number of aryl methyl sites for hydroxylation is 1. The van der Waals surface area contributed by atoms with Crippen molar-refractivity contribution in [3.05, 3.63) is 72.1 Å². The van der Waals surface area contributed by atoms with E-state index in [0.29, 0.717) is 23.1 Å². The van der Waals surface area contributed by atoms with Gasteiger partial charge in [-0.05, 0) is 24.6 Å². The first-order valence-electron chi connectivity index (χ1n) is 9.77. The first kappa shape index (κ1) is 20.8. The highest BCUT2D eigenvalue weighted by molar-refractivity contribution is 8.14. The molecule has 2 aliphatic rings. The van der Waals surface area contributed by atoms with Crippen LogP contribution in [0.25, 0.3) is 0 Å². The molecule has 31 heavy (non-hydrogen) atoms. The Morgan fingerprint density at radius 3 is 2.81 bits per heavy atom. The minimum Gasteiger partial charge on any atom is -0.497 e. The number of thioether (sulfide) groups is 1. The molecule has 0 radical (unpaired) electrons. The molecule has 4 rings (SSSR count). The molecule has 0 aliphatic carbocycles. The molecule has 0 saturated carbocycles. The lowest BCUT2D eigenvalue weighted by molar-refractivity contribution is -0.122. The lowest BCUT2D eigenvalue weighted by Gasteiger charge is -2.32. The molecule has 2 N–H and O–H groups in total. The largest absolute Gasteiger partial charge is 0.497 e. The predicted octanol–water partition coefficient (Wildman–Crippen LogP) is 2.37. The first-order valence-corrected chi connectivity index (χ1v) is 10.8. The van der Waals surface area contributed by atoms with Crippen LogP contribution in [0.4, 0.5) is 5.69 Å². The third-order valence-electron chi connectivity index (χ3n) is 4.90. The Bertz CT molecular complexity index is 1040. The van der Waals surface area contributed by atoms with Crippen LogP contribution >= 0.6 is 11.8 Å². The number of hydrazone groups is 1. The van der Waals surface area contributed by atoms with Crippen molar-refractivity contribution < 1.29 is 14.3 Å². The average molecular weight is 438 g/mol. The van der Waals surface area contributed by atoms with Crippen LogP contribution in [0.15, 0.2) is 66.0 Å². The summed E-state index contributed by atoms with van der Waals surface area (Å²) < 4.78 is 5.24. The highest BCUT2D eigenvalue weighted by Crippen LogP contribution is 2.27. The zero-order chi connectivity index (χ0) is 21.8. The summed E-state index contributed by atoms with van der Waals surface area (Å²) >= 11 is 1.28. The summed E-state index contributed by atoms with van der Waals surface area (Å²) in [5.74, 6) is 0.614. The number of amides is 2. The Balaban J connectivity index is 1.33. The summed E-state index contributed by atoms with van der Waals surface area (Å²) in [4.78, 5) is 28.5. The Labute approximate surface area is 184 Å². The van der Waals surface area contributed by atoms with Crippen molar-refractivity contribution in [1.29, 1.82) is 0 Å². The van der Waals surface area contributed by atoms with Crippen LogP contribution in [0.1, 0.15) is 11.1 Å². The minimum atomic E-state index is -0.644. The smallest absolute Gasteiger partial charge is 0.276 e. The topological polar surface area (TPSA) is 86.3 Å². The average Bonchev–Trinajstić information content (AvgIpc) is 3.21. The molecule has 0 aromatic heterocycles. The Morgan fingerprint density at radius 2 is 2.03 bits per heavy atom. The molecular weight excluding hydrogens is 414 g/mol. The van der Waals surface area contributed by atoms with Crippen LogP contribution in [0.3, 0.4) is 0 Å². The number of carbonyl (C=O) groups excluding carboxylic acids is 2. The number of carbonyl (C=O) groups is 2. The van der Waals surface area contributed by atoms with Gasteiger partial charge in [0.05, 0.1) is 18.6 Å². The summed E-state index contributed by atoms with van der Waals surface area (Å²) in [5, 5.41) is 7.72. The van der Waals surface area contributed by atoms with E-state index in [9.17, 15) is 9.59 Å². The van der Waals surface area contributed by atoms with Gasteiger partial charge in [-0.1, -0.05) is 47.7 Å². The number of amidine groups is 1. The van der Waals surface area contributed by atoms with E-state index < -0.39 is 6.17 Å². The summed E-state index contributed by atoms with van der Waals surface area (Å²) in [6.07, 6.45) is 2.82. The molecule has 2 aliphatic heterocycles. The van der Waals surface area contributed by atoms with Crippen molar-refractivity contribution in [1.82, 2.24) is 15.6 Å². The second-order valence-corrected chi connectivity index (χ2v) is 8.03. The second-order valence-electron chi connectivity index (χ2n) is 7.09. The van der Waals surface area contributed by atoms with Crippen molar-refractivity contribution in [2.75, 3.05) is 17.8 Å². The van der Waals surface area contributed by atoms with Crippen molar-refractivity contribution in [2.45, 2.75) is 19.6 Å². The van der Waals surface area contributed by atoms with Crippen molar-refractivity contribution in [3.63, 3.8) is 0 Å². The lowest BCUT2D eigenvalue weighted by Crippen LogP contribution is -2.52. The van der Waals surface area contributed by atoms with Gasteiger partial charge in [-0.2, -0.15) is 5.10 Å². The highest BCUT2D eigenvalue weighted by Gasteiger charge is 2.38. The van der Waals surface area contributed by atoms with Crippen LogP contribution in [0, 0.1) is 6.92 Å². The molecule has 8 nitrogen and oxygen atoms in total. The van der Waals surface area contributed by atoms with Crippen molar-refractivity contribution >= 4 is 34.4 Å². The van der Waals surface area contributed by atoms with E-state index >= 15 is 0 Å². The molecule has 2 aromatic carbocycles. The van der Waals surface area contributed by atoms with Crippen molar-refractivity contribution in [2.24, 2.45) is 5.10 Å². The van der Waals surface area contributed by atoms with Gasteiger partial charge in [-0.15, -0.1) is 0 Å². The summed E-state index contributed by atoms with van der Waals surface area (Å²) in [6.45, 7) is 2.50. The van der Waals surface area contributed by atoms with Gasteiger partial charge < -0.3 is 10.1 Å². The first-order chi connectivity index (χ1) is 15.0. The standard InChI is InChI=1S/C22H23N5O3S/c1-15-6-8-16(9-7-15)13-23-19(28)14-31-22-25-24-20-21(29)26(10-11-27(20)22)17-4-3-5-18(12-17)30-2/h3-12,20,24H,13-14H2,1-2H3,(H,23,28). The molecule has 1 unspecified atom stereocenters. The number of fused-ring (bicyclic) bond motifs is 1. The van der Waals surface area contributed by atoms with Crippen LogP contribution in [0.5, 0.6) is 5.75 Å². The Morgan fingerprint density at radius 1 is 1.23 bits per heavy atom. The van der Waals surface area contributed by atoms with E-state index in [1.54, 1.807) is 35.4 Å². The normalized spacial score (nSPS) is 17.2. The van der Waals surface area contributed by atoms with Crippen LogP contribution in [-0.4, -0.2) is 40.9 Å². The Hall–Kier alpha value is -3.46. The fraction of sp³-hybridized carbons (Fsp3) is 0.227. The van der Waals surface area contributed by atoms with Crippen LogP contribution in [0.2, 0.25) is 0 Å². The SMILES string of the molecule is COc1cccc(N2C=CN3C(SCC(=O)NCc4ccc(C)cc4)=NNC3C2=O)c1. The fourth-order valence-electron chi connectivity index (χ4n) is 3.18. The number of anilines is 1. The van der Waals surface area contributed by atoms with E-state index in [1.165, 1.54) is 17.3 Å². The monoisotopic (exact) mass is 437 g/mol. The molecule has 2 aromatic rings. The van der Waals surface area contributed by atoms with Gasteiger partial charge in [0.1, 0.15) is 5.75 Å². The van der Waals surface area contributed by atoms with Gasteiger partial charge in [0.25, 0.3) is 5.91 Å². The maximum Gasteiger partial charge on any atom is 0.276 e. The molecule has 0 fully saturated rings. The zero-order valence-electron chi connectivity index (χ0n) is 17.2. The van der Waals surface area contributed by atoms with Crippen LogP contribution < -0.4 is 20.4 Å². The van der Waals surface area contributed by atoms with E-state index in [-0.39, 0.29) is 17.6 Å². The number of rotatable bonds is 6. The molecule has 160 valence electrons. The number of nitrogens with zero attached hydrogens (tertiary/aromatic N) is 3. The molecule has 0 saturated heterocycles. The second kappa shape index (κ2) is 9.13.